The van der Waals surface area contributed by atoms with Crippen molar-refractivity contribution < 1.29 is 14.3 Å². The van der Waals surface area contributed by atoms with Gasteiger partial charge in [0.1, 0.15) is 11.6 Å². The van der Waals surface area contributed by atoms with Crippen molar-refractivity contribution in [2.75, 3.05) is 74.9 Å². The minimum atomic E-state index is -0.323. The smallest absolute Gasteiger partial charge is 0.247 e. The molecule has 0 aliphatic carbocycles. The molecule has 3 rings (SSSR count). The van der Waals surface area contributed by atoms with Crippen LogP contribution in [0.2, 0.25) is 0 Å². The lowest BCUT2D eigenvalue weighted by Crippen LogP contribution is -2.29. The molecule has 0 saturated heterocycles. The number of methoxy groups -OCH3 is 1. The third-order valence-electron chi connectivity index (χ3n) is 6.60. The maximum atomic E-state index is 13.3. The molecule has 9 nitrogen and oxygen atoms in total. The summed E-state index contributed by atoms with van der Waals surface area (Å²) < 4.78 is 5.69. The van der Waals surface area contributed by atoms with Gasteiger partial charge in [-0.05, 0) is 76.5 Å². The van der Waals surface area contributed by atoms with Gasteiger partial charge in [0.05, 0.1) is 24.2 Å². The van der Waals surface area contributed by atoms with E-state index in [1.807, 2.05) is 56.4 Å². The molecule has 0 spiro atoms. The third-order valence-corrected chi connectivity index (χ3v) is 6.60. The van der Waals surface area contributed by atoms with E-state index >= 15 is 0 Å². The number of anilines is 5. The minimum absolute atomic E-state index is 0.0969. The Hall–Kier alpha value is -4.37. The van der Waals surface area contributed by atoms with Crippen LogP contribution in [0.3, 0.4) is 0 Å². The fraction of sp³-hybridized carbons (Fsp3) is 0.323. The van der Waals surface area contributed by atoms with E-state index in [-0.39, 0.29) is 11.7 Å². The van der Waals surface area contributed by atoms with Gasteiger partial charge in [-0.2, -0.15) is 0 Å². The highest BCUT2D eigenvalue weighted by Crippen LogP contribution is 2.38. The molecule has 0 radical (unpaired) electrons. The van der Waals surface area contributed by atoms with E-state index < -0.39 is 0 Å². The lowest BCUT2D eigenvalue weighted by molar-refractivity contribution is -0.111. The number of aromatic nitrogens is 1. The van der Waals surface area contributed by atoms with Crippen molar-refractivity contribution in [3.8, 4) is 5.75 Å². The molecule has 0 saturated carbocycles. The number of nitrogens with zero attached hydrogens (tertiary/aromatic N) is 4. The molecule has 0 aliphatic rings. The molecular formula is C31H40N6O3. The van der Waals surface area contributed by atoms with Crippen molar-refractivity contribution in [3.05, 3.63) is 78.5 Å². The van der Waals surface area contributed by atoms with Gasteiger partial charge in [-0.3, -0.25) is 9.59 Å². The number of carbonyl (C=O) groups is 2. The summed E-state index contributed by atoms with van der Waals surface area (Å²) in [5.74, 6) is 0.615. The molecular weight excluding hydrogens is 504 g/mol. The first kappa shape index (κ1) is 30.2. The van der Waals surface area contributed by atoms with Gasteiger partial charge in [0.2, 0.25) is 5.91 Å². The van der Waals surface area contributed by atoms with Gasteiger partial charge in [-0.25, -0.2) is 4.98 Å². The van der Waals surface area contributed by atoms with Gasteiger partial charge >= 0.3 is 0 Å². The van der Waals surface area contributed by atoms with Crippen molar-refractivity contribution in [3.63, 3.8) is 0 Å². The Labute approximate surface area is 237 Å². The number of nitrogens with one attached hydrogen (secondary N) is 2. The third kappa shape index (κ3) is 7.60. The normalized spacial score (nSPS) is 10.7. The predicted octanol–water partition coefficient (Wildman–Crippen LogP) is 5.03. The van der Waals surface area contributed by atoms with Crippen LogP contribution in [0.15, 0.2) is 67.4 Å². The number of rotatable bonds is 14. The van der Waals surface area contributed by atoms with Crippen LogP contribution in [-0.4, -0.2) is 76.0 Å². The summed E-state index contributed by atoms with van der Waals surface area (Å²) in [6, 6.07) is 14.7. The lowest BCUT2D eigenvalue weighted by Gasteiger charge is -2.26. The summed E-state index contributed by atoms with van der Waals surface area (Å²) in [6.07, 6.45) is 2.82. The average molecular weight is 545 g/mol. The number of ketones is 1. The summed E-state index contributed by atoms with van der Waals surface area (Å²) >= 11 is 0. The molecule has 212 valence electrons. The first-order valence-corrected chi connectivity index (χ1v) is 13.3. The Balaban J connectivity index is 1.91. The number of carbonyl (C=O) groups excluding carboxylic acids is 2. The SMILES string of the molecule is C=CC(=O)Nc1cc(Nc2cc(C(=O)c3ccc(N(CC)CC)cc3)ccn2)c(OC)cc1N(C)CCN(C)C. The topological polar surface area (TPSA) is 90.0 Å². The van der Waals surface area contributed by atoms with Crippen molar-refractivity contribution in [1.82, 2.24) is 9.88 Å². The van der Waals surface area contributed by atoms with Gasteiger partial charge in [0, 0.05) is 62.3 Å². The molecule has 40 heavy (non-hydrogen) atoms. The van der Waals surface area contributed by atoms with Crippen LogP contribution in [0.1, 0.15) is 29.8 Å². The second-order valence-electron chi connectivity index (χ2n) is 9.59. The molecule has 1 heterocycles. The van der Waals surface area contributed by atoms with E-state index in [2.05, 4.69) is 45.8 Å². The maximum absolute atomic E-state index is 13.3. The highest BCUT2D eigenvalue weighted by molar-refractivity contribution is 6.09. The molecule has 0 bridgehead atoms. The fourth-order valence-corrected chi connectivity index (χ4v) is 4.26. The highest BCUT2D eigenvalue weighted by atomic mass is 16.5. The number of pyridine rings is 1. The van der Waals surface area contributed by atoms with Crippen molar-refractivity contribution in [1.29, 1.82) is 0 Å². The van der Waals surface area contributed by atoms with E-state index in [9.17, 15) is 9.59 Å². The van der Waals surface area contributed by atoms with Gasteiger partial charge in [0.15, 0.2) is 5.78 Å². The zero-order valence-corrected chi connectivity index (χ0v) is 24.3. The van der Waals surface area contributed by atoms with Crippen LogP contribution in [0, 0.1) is 0 Å². The van der Waals surface area contributed by atoms with E-state index in [0.717, 1.165) is 37.6 Å². The summed E-state index contributed by atoms with van der Waals surface area (Å²) in [5, 5.41) is 6.15. The quantitative estimate of drug-likeness (QED) is 0.216. The van der Waals surface area contributed by atoms with Crippen LogP contribution in [-0.2, 0) is 4.79 Å². The van der Waals surface area contributed by atoms with Crippen LogP contribution in [0.4, 0.5) is 28.6 Å². The van der Waals surface area contributed by atoms with E-state index in [1.54, 1.807) is 31.5 Å². The molecule has 3 aromatic rings. The Morgan fingerprint density at radius 2 is 1.65 bits per heavy atom. The molecule has 0 unspecified atom stereocenters. The number of benzene rings is 2. The Kier molecular flexibility index (Phi) is 10.7. The Morgan fingerprint density at radius 1 is 0.950 bits per heavy atom. The Bertz CT molecular complexity index is 1320. The summed E-state index contributed by atoms with van der Waals surface area (Å²) in [5.41, 5.74) is 4.17. The highest BCUT2D eigenvalue weighted by Gasteiger charge is 2.17. The number of likely N-dealkylation sites (N-methyl/N-ethyl adjacent to an activating group) is 2. The van der Waals surface area contributed by atoms with Gasteiger partial charge in [-0.15, -0.1) is 0 Å². The van der Waals surface area contributed by atoms with Gasteiger partial charge in [0.25, 0.3) is 0 Å². The van der Waals surface area contributed by atoms with Crippen molar-refractivity contribution in [2.24, 2.45) is 0 Å². The maximum Gasteiger partial charge on any atom is 0.247 e. The van der Waals surface area contributed by atoms with E-state index in [0.29, 0.717) is 34.1 Å². The standard InChI is InChI=1S/C31H40N6O3/c1-8-30(38)34-25-20-26(28(40-7)21-27(25)36(6)18-17-35(4)5)33-29-19-23(15-16-32-29)31(39)22-11-13-24(14-12-22)37(9-2)10-3/h8,11-16,19-21H,1,9-10,17-18H2,2-7H3,(H,32,33)(H,34,38). The first-order valence-electron chi connectivity index (χ1n) is 13.3. The first-order chi connectivity index (χ1) is 19.2. The predicted molar refractivity (Wildman–Crippen MR) is 165 cm³/mol. The summed E-state index contributed by atoms with van der Waals surface area (Å²) in [7, 11) is 7.56. The van der Waals surface area contributed by atoms with E-state index in [4.69, 9.17) is 4.74 Å². The molecule has 1 amide bonds. The minimum Gasteiger partial charge on any atom is -0.494 e. The molecule has 2 aromatic carbocycles. The molecule has 9 heteroatoms. The largest absolute Gasteiger partial charge is 0.494 e. The monoisotopic (exact) mass is 544 g/mol. The Morgan fingerprint density at radius 3 is 2.25 bits per heavy atom. The fourth-order valence-electron chi connectivity index (χ4n) is 4.26. The molecule has 0 aliphatic heterocycles. The number of hydrogen-bond donors (Lipinski definition) is 2. The second kappa shape index (κ2) is 14.1. The van der Waals surface area contributed by atoms with Gasteiger partial charge < -0.3 is 30.1 Å². The molecule has 2 N–H and O–H groups in total. The lowest BCUT2D eigenvalue weighted by atomic mass is 10.0. The number of amides is 1. The number of ether oxygens (including phenoxy) is 1. The molecule has 0 atom stereocenters. The van der Waals surface area contributed by atoms with Crippen LogP contribution in [0.25, 0.3) is 0 Å². The summed E-state index contributed by atoms with van der Waals surface area (Å²) in [4.78, 5) is 36.3. The number of hydrogen-bond acceptors (Lipinski definition) is 8. The molecule has 0 fully saturated rings. The van der Waals surface area contributed by atoms with Crippen molar-refractivity contribution >= 4 is 40.3 Å². The van der Waals surface area contributed by atoms with Crippen molar-refractivity contribution in [2.45, 2.75) is 13.8 Å². The van der Waals surface area contributed by atoms with Crippen LogP contribution >= 0.6 is 0 Å². The molecule has 1 aromatic heterocycles. The van der Waals surface area contributed by atoms with Gasteiger partial charge in [-0.1, -0.05) is 6.58 Å². The zero-order chi connectivity index (χ0) is 29.2. The van der Waals surface area contributed by atoms with Crippen LogP contribution in [0.5, 0.6) is 5.75 Å². The second-order valence-corrected chi connectivity index (χ2v) is 9.59. The van der Waals surface area contributed by atoms with Crippen LogP contribution < -0.4 is 25.2 Å². The summed E-state index contributed by atoms with van der Waals surface area (Å²) in [6.45, 7) is 11.2. The zero-order valence-electron chi connectivity index (χ0n) is 24.3. The average Bonchev–Trinajstić information content (AvgIpc) is 2.96. The van der Waals surface area contributed by atoms with E-state index in [1.165, 1.54) is 6.08 Å².